The maximum atomic E-state index is 12.9. The highest BCUT2D eigenvalue weighted by molar-refractivity contribution is 5.74. The molecule has 6 heteroatoms. The van der Waals surface area contributed by atoms with E-state index in [4.69, 9.17) is 9.47 Å². The Morgan fingerprint density at radius 3 is 3.20 bits per heavy atom. The molecular formula is C14H19FN2O3. The second kappa shape index (κ2) is 7.09. The molecule has 0 saturated carbocycles. The van der Waals surface area contributed by atoms with E-state index in [1.807, 2.05) is 6.92 Å². The minimum atomic E-state index is -0.339. The fraction of sp³-hybridized carbons (Fsp3) is 0.500. The molecule has 0 aliphatic carbocycles. The molecule has 110 valence electrons. The van der Waals surface area contributed by atoms with E-state index in [0.717, 1.165) is 0 Å². The molecule has 0 spiro atoms. The molecular weight excluding hydrogens is 263 g/mol. The molecule has 20 heavy (non-hydrogen) atoms. The summed E-state index contributed by atoms with van der Waals surface area (Å²) in [5.41, 5.74) is 0. The normalized spacial score (nSPS) is 18.7. The highest BCUT2D eigenvalue weighted by atomic mass is 19.1. The van der Waals surface area contributed by atoms with Crippen molar-refractivity contribution < 1.29 is 18.7 Å². The number of hydrogen-bond acceptors (Lipinski definition) is 3. The van der Waals surface area contributed by atoms with Gasteiger partial charge in [0.2, 0.25) is 0 Å². The summed E-state index contributed by atoms with van der Waals surface area (Å²) in [6, 6.07) is 5.80. The van der Waals surface area contributed by atoms with Gasteiger partial charge in [0.15, 0.2) is 0 Å². The first kappa shape index (κ1) is 14.6. The Bertz CT molecular complexity index is 456. The van der Waals surface area contributed by atoms with E-state index in [-0.39, 0.29) is 18.0 Å². The summed E-state index contributed by atoms with van der Waals surface area (Å²) in [4.78, 5) is 13.6. The maximum absolute atomic E-state index is 12.9. The number of urea groups is 1. The third-order valence-corrected chi connectivity index (χ3v) is 2.97. The average molecular weight is 282 g/mol. The van der Waals surface area contributed by atoms with Crippen LogP contribution in [0.15, 0.2) is 24.3 Å². The van der Waals surface area contributed by atoms with Gasteiger partial charge in [-0.2, -0.15) is 0 Å². The Morgan fingerprint density at radius 2 is 2.45 bits per heavy atom. The molecule has 1 atom stereocenters. The SMILES string of the molecule is CC1CN(C(=O)NCCOc2cccc(F)c2)CCO1. The van der Waals surface area contributed by atoms with Crippen LogP contribution in [0.4, 0.5) is 9.18 Å². The summed E-state index contributed by atoms with van der Waals surface area (Å²) in [6.45, 7) is 4.37. The molecule has 2 amide bonds. The third kappa shape index (κ3) is 4.38. The van der Waals surface area contributed by atoms with Crippen LogP contribution in [-0.4, -0.2) is 49.9 Å². The van der Waals surface area contributed by atoms with Gasteiger partial charge in [0, 0.05) is 19.2 Å². The van der Waals surface area contributed by atoms with Crippen molar-refractivity contribution in [3.05, 3.63) is 30.1 Å². The minimum Gasteiger partial charge on any atom is -0.492 e. The van der Waals surface area contributed by atoms with Crippen LogP contribution in [0.25, 0.3) is 0 Å². The second-order valence-corrected chi connectivity index (χ2v) is 4.67. The zero-order chi connectivity index (χ0) is 14.4. The highest BCUT2D eigenvalue weighted by Crippen LogP contribution is 2.11. The topological polar surface area (TPSA) is 50.8 Å². The van der Waals surface area contributed by atoms with Crippen LogP contribution in [0, 0.1) is 5.82 Å². The van der Waals surface area contributed by atoms with Crippen LogP contribution < -0.4 is 10.1 Å². The fourth-order valence-electron chi connectivity index (χ4n) is 2.00. The number of ether oxygens (including phenoxy) is 2. The maximum Gasteiger partial charge on any atom is 0.317 e. The lowest BCUT2D eigenvalue weighted by atomic mass is 10.3. The summed E-state index contributed by atoms with van der Waals surface area (Å²) in [5.74, 6) is 0.119. The Balaban J connectivity index is 1.66. The Morgan fingerprint density at radius 1 is 1.60 bits per heavy atom. The zero-order valence-electron chi connectivity index (χ0n) is 11.5. The molecule has 1 aromatic rings. The van der Waals surface area contributed by atoms with Crippen molar-refractivity contribution in [1.82, 2.24) is 10.2 Å². The lowest BCUT2D eigenvalue weighted by Gasteiger charge is -2.31. The van der Waals surface area contributed by atoms with E-state index in [1.54, 1.807) is 17.0 Å². The number of benzene rings is 1. The molecule has 2 rings (SSSR count). The van der Waals surface area contributed by atoms with Crippen LogP contribution in [-0.2, 0) is 4.74 Å². The van der Waals surface area contributed by atoms with E-state index in [1.165, 1.54) is 12.1 Å². The zero-order valence-corrected chi connectivity index (χ0v) is 11.5. The number of morpholine rings is 1. The van der Waals surface area contributed by atoms with Gasteiger partial charge in [0.25, 0.3) is 0 Å². The van der Waals surface area contributed by atoms with E-state index in [2.05, 4.69) is 5.32 Å². The molecule has 1 fully saturated rings. The number of halogens is 1. The van der Waals surface area contributed by atoms with Gasteiger partial charge < -0.3 is 19.7 Å². The molecule has 1 aliphatic rings. The smallest absolute Gasteiger partial charge is 0.317 e. The number of hydrogen-bond donors (Lipinski definition) is 1. The molecule has 1 N–H and O–H groups in total. The number of carbonyl (C=O) groups is 1. The van der Waals surface area contributed by atoms with Crippen LogP contribution >= 0.6 is 0 Å². The molecule has 1 heterocycles. The van der Waals surface area contributed by atoms with Crippen molar-refractivity contribution >= 4 is 6.03 Å². The van der Waals surface area contributed by atoms with Crippen LogP contribution in [0.2, 0.25) is 0 Å². The number of nitrogens with one attached hydrogen (secondary N) is 1. The molecule has 0 aromatic heterocycles. The van der Waals surface area contributed by atoms with Gasteiger partial charge in [0.1, 0.15) is 18.2 Å². The van der Waals surface area contributed by atoms with Crippen LogP contribution in [0.3, 0.4) is 0 Å². The number of amides is 2. The Hall–Kier alpha value is -1.82. The van der Waals surface area contributed by atoms with Gasteiger partial charge >= 0.3 is 6.03 Å². The first-order chi connectivity index (χ1) is 9.65. The van der Waals surface area contributed by atoms with Gasteiger partial charge in [-0.15, -0.1) is 0 Å². The lowest BCUT2D eigenvalue weighted by molar-refractivity contribution is -0.00353. The van der Waals surface area contributed by atoms with Gasteiger partial charge in [-0.3, -0.25) is 0 Å². The standard InChI is InChI=1S/C14H19FN2O3/c1-11-10-17(6-8-19-11)14(18)16-5-7-20-13-4-2-3-12(15)9-13/h2-4,9,11H,5-8,10H2,1H3,(H,16,18). The van der Waals surface area contributed by atoms with Gasteiger partial charge in [-0.1, -0.05) is 6.07 Å². The van der Waals surface area contributed by atoms with E-state index < -0.39 is 0 Å². The van der Waals surface area contributed by atoms with Gasteiger partial charge in [-0.25, -0.2) is 9.18 Å². The number of carbonyl (C=O) groups excluding carboxylic acids is 1. The van der Waals surface area contributed by atoms with Gasteiger partial charge in [-0.05, 0) is 19.1 Å². The summed E-state index contributed by atoms with van der Waals surface area (Å²) in [6.07, 6.45) is 0.0676. The van der Waals surface area contributed by atoms with Crippen molar-refractivity contribution in [3.63, 3.8) is 0 Å². The first-order valence-corrected chi connectivity index (χ1v) is 6.68. The van der Waals surface area contributed by atoms with Crippen molar-refractivity contribution in [2.45, 2.75) is 13.0 Å². The Kier molecular flexibility index (Phi) is 5.17. The predicted octanol–water partition coefficient (Wildman–Crippen LogP) is 1.63. The monoisotopic (exact) mass is 282 g/mol. The Labute approximate surface area is 117 Å². The molecule has 1 saturated heterocycles. The molecule has 1 aromatic carbocycles. The van der Waals surface area contributed by atoms with Crippen molar-refractivity contribution in [1.29, 1.82) is 0 Å². The summed E-state index contributed by atoms with van der Waals surface area (Å²) >= 11 is 0. The van der Waals surface area contributed by atoms with E-state index in [9.17, 15) is 9.18 Å². The molecule has 0 bridgehead atoms. The minimum absolute atomic E-state index is 0.0676. The summed E-state index contributed by atoms with van der Waals surface area (Å²) < 4.78 is 23.6. The summed E-state index contributed by atoms with van der Waals surface area (Å²) in [5, 5.41) is 2.77. The predicted molar refractivity (Wildman–Crippen MR) is 72.3 cm³/mol. The molecule has 1 aliphatic heterocycles. The fourth-order valence-corrected chi connectivity index (χ4v) is 2.00. The number of nitrogens with zero attached hydrogens (tertiary/aromatic N) is 1. The number of rotatable bonds is 4. The highest BCUT2D eigenvalue weighted by Gasteiger charge is 2.20. The first-order valence-electron chi connectivity index (χ1n) is 6.68. The van der Waals surface area contributed by atoms with Crippen molar-refractivity contribution in [2.24, 2.45) is 0 Å². The van der Waals surface area contributed by atoms with Crippen molar-refractivity contribution in [3.8, 4) is 5.75 Å². The third-order valence-electron chi connectivity index (χ3n) is 2.97. The molecule has 5 nitrogen and oxygen atoms in total. The summed E-state index contributed by atoms with van der Waals surface area (Å²) in [7, 11) is 0. The molecule has 1 unspecified atom stereocenters. The van der Waals surface area contributed by atoms with Gasteiger partial charge in [0.05, 0.1) is 19.3 Å². The quantitative estimate of drug-likeness (QED) is 0.854. The second-order valence-electron chi connectivity index (χ2n) is 4.67. The van der Waals surface area contributed by atoms with Crippen LogP contribution in [0.5, 0.6) is 5.75 Å². The largest absolute Gasteiger partial charge is 0.492 e. The average Bonchev–Trinajstić information content (AvgIpc) is 2.43. The molecule has 0 radical (unpaired) electrons. The van der Waals surface area contributed by atoms with E-state index >= 15 is 0 Å². The van der Waals surface area contributed by atoms with E-state index in [0.29, 0.717) is 38.6 Å². The lowest BCUT2D eigenvalue weighted by Crippen LogP contribution is -2.49. The van der Waals surface area contributed by atoms with Crippen LogP contribution in [0.1, 0.15) is 6.92 Å². The van der Waals surface area contributed by atoms with Crippen molar-refractivity contribution in [2.75, 3.05) is 32.8 Å².